The summed E-state index contributed by atoms with van der Waals surface area (Å²) >= 11 is 0. The van der Waals surface area contributed by atoms with Gasteiger partial charge in [-0.15, -0.1) is 0 Å². The Balaban J connectivity index is 1.50. The van der Waals surface area contributed by atoms with Gasteiger partial charge in [-0.3, -0.25) is 9.67 Å². The van der Waals surface area contributed by atoms with E-state index in [0.717, 1.165) is 45.4 Å². The molecule has 2 saturated heterocycles. The molecule has 2 aliphatic rings. The molecule has 3 rings (SSSR count). The molecule has 110 valence electrons. The smallest absolute Gasteiger partial charge is 0.193 e. The van der Waals surface area contributed by atoms with Crippen LogP contribution in [-0.4, -0.2) is 60.5 Å². The van der Waals surface area contributed by atoms with Crippen LogP contribution in [0.4, 0.5) is 0 Å². The van der Waals surface area contributed by atoms with E-state index < -0.39 is 0 Å². The molecule has 6 nitrogen and oxygen atoms in total. The summed E-state index contributed by atoms with van der Waals surface area (Å²) in [6.45, 7) is 5.66. The number of likely N-dealkylation sites (tertiary alicyclic amines) is 1. The monoisotopic (exact) mass is 277 g/mol. The van der Waals surface area contributed by atoms with E-state index in [0.29, 0.717) is 5.41 Å². The number of hydrogen-bond acceptors (Lipinski definition) is 3. The van der Waals surface area contributed by atoms with Crippen LogP contribution in [0.2, 0.25) is 0 Å². The van der Waals surface area contributed by atoms with Crippen LogP contribution in [0.3, 0.4) is 0 Å². The number of nitrogens with zero attached hydrogens (tertiary/aromatic N) is 4. The second kappa shape index (κ2) is 5.83. The lowest BCUT2D eigenvalue weighted by Crippen LogP contribution is -2.42. The summed E-state index contributed by atoms with van der Waals surface area (Å²) in [7, 11) is 1.85. The number of aliphatic imine (C=N–C) groups is 1. The predicted molar refractivity (Wildman–Crippen MR) is 77.6 cm³/mol. The average molecular weight is 277 g/mol. The highest BCUT2D eigenvalue weighted by Crippen LogP contribution is 2.38. The van der Waals surface area contributed by atoms with Crippen LogP contribution in [0.5, 0.6) is 0 Å². The molecule has 0 aliphatic carbocycles. The number of hydrogen-bond donors (Lipinski definition) is 1. The van der Waals surface area contributed by atoms with Crippen molar-refractivity contribution in [2.75, 3.05) is 39.9 Å². The highest BCUT2D eigenvalue weighted by atomic mass is 16.5. The number of guanidine groups is 1. The van der Waals surface area contributed by atoms with Gasteiger partial charge < -0.3 is 15.0 Å². The van der Waals surface area contributed by atoms with Gasteiger partial charge in [0.2, 0.25) is 0 Å². The van der Waals surface area contributed by atoms with Crippen molar-refractivity contribution in [1.82, 2.24) is 20.0 Å². The van der Waals surface area contributed by atoms with Gasteiger partial charge in [0.15, 0.2) is 5.96 Å². The molecule has 0 saturated carbocycles. The lowest BCUT2D eigenvalue weighted by Gasteiger charge is -2.24. The first kappa shape index (κ1) is 13.4. The van der Waals surface area contributed by atoms with Gasteiger partial charge in [-0.05, 0) is 18.9 Å². The van der Waals surface area contributed by atoms with Gasteiger partial charge in [-0.1, -0.05) is 0 Å². The van der Waals surface area contributed by atoms with Crippen LogP contribution in [-0.2, 0) is 11.3 Å². The largest absolute Gasteiger partial charge is 0.381 e. The topological polar surface area (TPSA) is 54.7 Å². The van der Waals surface area contributed by atoms with Crippen molar-refractivity contribution < 1.29 is 4.74 Å². The summed E-state index contributed by atoms with van der Waals surface area (Å²) in [5.41, 5.74) is 0.375. The van der Waals surface area contributed by atoms with Crippen LogP contribution in [0.25, 0.3) is 0 Å². The normalized spacial score (nSPS) is 26.6. The molecule has 6 heteroatoms. The summed E-state index contributed by atoms with van der Waals surface area (Å²) in [5.74, 6) is 1.00. The molecule has 1 atom stereocenters. The summed E-state index contributed by atoms with van der Waals surface area (Å²) in [5, 5.41) is 7.63. The summed E-state index contributed by atoms with van der Waals surface area (Å²) in [6.07, 6.45) is 6.19. The second-order valence-electron chi connectivity index (χ2n) is 5.72. The molecule has 3 heterocycles. The first-order valence-electron chi connectivity index (χ1n) is 7.32. The van der Waals surface area contributed by atoms with Crippen LogP contribution in [0, 0.1) is 5.41 Å². The predicted octanol–water partition coefficient (Wildman–Crippen LogP) is 0.571. The van der Waals surface area contributed by atoms with Gasteiger partial charge in [-0.2, -0.15) is 5.10 Å². The van der Waals surface area contributed by atoms with E-state index in [9.17, 15) is 0 Å². The minimum atomic E-state index is 0.375. The first-order chi connectivity index (χ1) is 9.81. The highest BCUT2D eigenvalue weighted by Gasteiger charge is 2.42. The van der Waals surface area contributed by atoms with Crippen molar-refractivity contribution in [3.05, 3.63) is 18.5 Å². The van der Waals surface area contributed by atoms with Crippen LogP contribution in [0.15, 0.2) is 23.5 Å². The van der Waals surface area contributed by atoms with Crippen molar-refractivity contribution in [3.8, 4) is 0 Å². The van der Waals surface area contributed by atoms with Crippen molar-refractivity contribution in [2.45, 2.75) is 19.4 Å². The molecule has 2 fully saturated rings. The zero-order valence-electron chi connectivity index (χ0n) is 12.1. The van der Waals surface area contributed by atoms with E-state index in [1.165, 1.54) is 12.8 Å². The number of ether oxygens (including phenoxy) is 1. The Morgan fingerprint density at radius 1 is 1.50 bits per heavy atom. The minimum Gasteiger partial charge on any atom is -0.381 e. The fourth-order valence-electron chi connectivity index (χ4n) is 3.13. The van der Waals surface area contributed by atoms with Gasteiger partial charge in [0, 0.05) is 51.1 Å². The molecule has 1 N–H and O–H groups in total. The Morgan fingerprint density at radius 3 is 3.15 bits per heavy atom. The summed E-state index contributed by atoms with van der Waals surface area (Å²) < 4.78 is 7.50. The zero-order chi connectivity index (χ0) is 13.8. The third-order valence-electron chi connectivity index (χ3n) is 4.32. The Bertz CT molecular complexity index is 450. The Kier molecular flexibility index (Phi) is 3.91. The number of nitrogens with one attached hydrogen (secondary N) is 1. The lowest BCUT2D eigenvalue weighted by atomic mass is 9.87. The summed E-state index contributed by atoms with van der Waals surface area (Å²) in [6, 6.07) is 1.94. The standard InChI is InChI=1S/C14H23N5O/c1-15-13(16-6-9-19-7-2-5-17-19)18-8-3-14(11-18)4-10-20-12-14/h2,5,7H,3-4,6,8-12H2,1H3,(H,15,16). The zero-order valence-corrected chi connectivity index (χ0v) is 12.1. The average Bonchev–Trinajstić information content (AvgIpc) is 3.19. The minimum absolute atomic E-state index is 0.375. The lowest BCUT2D eigenvalue weighted by molar-refractivity contribution is 0.156. The molecule has 1 aromatic rings. The second-order valence-corrected chi connectivity index (χ2v) is 5.72. The number of aromatic nitrogens is 2. The van der Waals surface area contributed by atoms with E-state index >= 15 is 0 Å². The maximum atomic E-state index is 5.58. The first-order valence-corrected chi connectivity index (χ1v) is 7.32. The Labute approximate surface area is 119 Å². The van der Waals surface area contributed by atoms with Gasteiger partial charge >= 0.3 is 0 Å². The van der Waals surface area contributed by atoms with Crippen LogP contribution in [0.1, 0.15) is 12.8 Å². The molecule has 1 aromatic heterocycles. The quantitative estimate of drug-likeness (QED) is 0.648. The van der Waals surface area contributed by atoms with Gasteiger partial charge in [-0.25, -0.2) is 0 Å². The molecule has 1 unspecified atom stereocenters. The molecule has 1 spiro atoms. The van der Waals surface area contributed by atoms with E-state index in [4.69, 9.17) is 4.74 Å². The Hall–Kier alpha value is -1.56. The van der Waals surface area contributed by atoms with E-state index in [1.807, 2.05) is 24.0 Å². The molecule has 0 amide bonds. The molecule has 0 bridgehead atoms. The molecule has 0 aromatic carbocycles. The molecular weight excluding hydrogens is 254 g/mol. The maximum Gasteiger partial charge on any atom is 0.193 e. The third kappa shape index (κ3) is 2.80. The van der Waals surface area contributed by atoms with Crippen LogP contribution >= 0.6 is 0 Å². The summed E-state index contributed by atoms with van der Waals surface area (Å²) in [4.78, 5) is 6.76. The van der Waals surface area contributed by atoms with E-state index in [2.05, 4.69) is 20.3 Å². The Morgan fingerprint density at radius 2 is 2.45 bits per heavy atom. The van der Waals surface area contributed by atoms with Gasteiger partial charge in [0.25, 0.3) is 0 Å². The molecule has 0 radical (unpaired) electrons. The third-order valence-corrected chi connectivity index (χ3v) is 4.32. The van der Waals surface area contributed by atoms with Crippen molar-refractivity contribution in [1.29, 1.82) is 0 Å². The molecule has 20 heavy (non-hydrogen) atoms. The van der Waals surface area contributed by atoms with Gasteiger partial charge in [0.1, 0.15) is 0 Å². The molecular formula is C14H23N5O. The van der Waals surface area contributed by atoms with Crippen molar-refractivity contribution in [2.24, 2.45) is 10.4 Å². The fourth-order valence-corrected chi connectivity index (χ4v) is 3.13. The van der Waals surface area contributed by atoms with Crippen molar-refractivity contribution >= 4 is 5.96 Å². The van der Waals surface area contributed by atoms with Gasteiger partial charge in [0.05, 0.1) is 13.2 Å². The van der Waals surface area contributed by atoms with E-state index in [-0.39, 0.29) is 0 Å². The van der Waals surface area contributed by atoms with Crippen molar-refractivity contribution in [3.63, 3.8) is 0 Å². The highest BCUT2D eigenvalue weighted by molar-refractivity contribution is 5.80. The maximum absolute atomic E-state index is 5.58. The molecule has 2 aliphatic heterocycles. The number of rotatable bonds is 3. The van der Waals surface area contributed by atoms with Crippen LogP contribution < -0.4 is 5.32 Å². The fraction of sp³-hybridized carbons (Fsp3) is 0.714. The SMILES string of the molecule is CN=C(NCCn1cccn1)N1CCC2(CCOC2)C1. The van der Waals surface area contributed by atoms with E-state index in [1.54, 1.807) is 6.20 Å².